The van der Waals surface area contributed by atoms with E-state index >= 15 is 0 Å². The minimum absolute atomic E-state index is 0.000427. The molecule has 0 saturated carbocycles. The molecule has 0 bridgehead atoms. The summed E-state index contributed by atoms with van der Waals surface area (Å²) in [7, 11) is 3.15. The molecule has 1 N–H and O–H groups in total. The number of ketones is 1. The van der Waals surface area contributed by atoms with Crippen LogP contribution in [0.25, 0.3) is 5.76 Å². The van der Waals surface area contributed by atoms with E-state index in [2.05, 4.69) is 0 Å². The number of rotatable bonds is 9. The van der Waals surface area contributed by atoms with Gasteiger partial charge in [-0.3, -0.25) is 9.59 Å². The van der Waals surface area contributed by atoms with Crippen molar-refractivity contribution < 1.29 is 28.9 Å². The van der Waals surface area contributed by atoms with Crippen LogP contribution in [0.2, 0.25) is 0 Å². The number of carbonyl (C=O) groups excluding carboxylic acids is 2. The third-order valence-corrected chi connectivity index (χ3v) is 6.80. The predicted octanol–water partition coefficient (Wildman–Crippen LogP) is 5.77. The van der Waals surface area contributed by atoms with E-state index in [0.717, 1.165) is 22.3 Å². The van der Waals surface area contributed by atoms with Crippen LogP contribution in [0, 0.1) is 13.8 Å². The van der Waals surface area contributed by atoms with E-state index in [9.17, 15) is 14.7 Å². The van der Waals surface area contributed by atoms with Gasteiger partial charge in [0.15, 0.2) is 11.5 Å². The Hall–Kier alpha value is -4.26. The highest BCUT2D eigenvalue weighted by atomic mass is 16.5. The van der Waals surface area contributed by atoms with E-state index in [0.29, 0.717) is 29.2 Å². The number of aliphatic hydroxyl groups is 1. The summed E-state index contributed by atoms with van der Waals surface area (Å²) in [4.78, 5) is 28.3. The predicted molar refractivity (Wildman–Crippen MR) is 150 cm³/mol. The van der Waals surface area contributed by atoms with Crippen LogP contribution in [-0.4, -0.2) is 48.6 Å². The van der Waals surface area contributed by atoms with E-state index in [1.54, 1.807) is 37.3 Å². The average Bonchev–Trinajstić information content (AvgIpc) is 3.17. The van der Waals surface area contributed by atoms with Gasteiger partial charge in [-0.1, -0.05) is 35.9 Å². The Morgan fingerprint density at radius 1 is 0.923 bits per heavy atom. The molecule has 39 heavy (non-hydrogen) atoms. The zero-order valence-electron chi connectivity index (χ0n) is 23.3. The normalized spacial score (nSPS) is 16.6. The molecule has 3 aromatic rings. The van der Waals surface area contributed by atoms with Crippen LogP contribution >= 0.6 is 0 Å². The third-order valence-electron chi connectivity index (χ3n) is 6.80. The van der Waals surface area contributed by atoms with Crippen molar-refractivity contribution in [2.24, 2.45) is 0 Å². The van der Waals surface area contributed by atoms with E-state index < -0.39 is 17.7 Å². The molecule has 1 heterocycles. The Morgan fingerprint density at radius 3 is 2.28 bits per heavy atom. The molecule has 1 unspecified atom stereocenters. The number of hydrogen-bond acceptors (Lipinski definition) is 6. The maximum atomic E-state index is 13.4. The number of methoxy groups -OCH3 is 2. The van der Waals surface area contributed by atoms with Gasteiger partial charge in [-0.15, -0.1) is 0 Å². The molecule has 7 nitrogen and oxygen atoms in total. The van der Waals surface area contributed by atoms with Crippen molar-refractivity contribution in [3.8, 4) is 17.2 Å². The van der Waals surface area contributed by atoms with E-state index in [4.69, 9.17) is 14.2 Å². The van der Waals surface area contributed by atoms with E-state index in [1.807, 2.05) is 70.2 Å². The number of hydrogen-bond donors (Lipinski definition) is 1. The summed E-state index contributed by atoms with van der Waals surface area (Å²) >= 11 is 0. The van der Waals surface area contributed by atoms with Gasteiger partial charge in [0, 0.05) is 12.1 Å². The number of Topliss-reactive ketones (excluding diaryl/α,β-unsaturated/α-hetero) is 1. The molecule has 1 aliphatic heterocycles. The summed E-state index contributed by atoms with van der Waals surface area (Å²) in [6.07, 6.45) is 0.483. The van der Waals surface area contributed by atoms with Crippen LogP contribution in [0.5, 0.6) is 17.2 Å². The van der Waals surface area contributed by atoms with E-state index in [1.165, 1.54) is 0 Å². The maximum absolute atomic E-state index is 13.4. The van der Waals surface area contributed by atoms with Crippen LogP contribution in [0.3, 0.4) is 0 Å². The molecule has 1 fully saturated rings. The van der Waals surface area contributed by atoms with Gasteiger partial charge in [-0.25, -0.2) is 0 Å². The zero-order chi connectivity index (χ0) is 28.3. The summed E-state index contributed by atoms with van der Waals surface area (Å²) in [5, 5.41) is 11.4. The van der Waals surface area contributed by atoms with Gasteiger partial charge in [-0.2, -0.15) is 0 Å². The largest absolute Gasteiger partial charge is 0.507 e. The highest BCUT2D eigenvalue weighted by Gasteiger charge is 2.45. The molecule has 4 rings (SSSR count). The zero-order valence-corrected chi connectivity index (χ0v) is 23.3. The summed E-state index contributed by atoms with van der Waals surface area (Å²) < 4.78 is 16.6. The molecular weight excluding hydrogens is 494 g/mol. The standard InChI is InChI=1S/C32H35NO6/c1-19(2)39-25-13-11-24(17-21(25)4)30(34)28-29(23-9-7-8-20(3)16-23)33(32(36)31(28)35)15-14-22-10-12-26(37-5)27(18-22)38-6/h7-13,16-19,29,34H,14-15H2,1-6H3/b30-28-. The van der Waals surface area contributed by atoms with Crippen LogP contribution in [0.4, 0.5) is 0 Å². The van der Waals surface area contributed by atoms with Crippen LogP contribution in [0.1, 0.15) is 47.7 Å². The van der Waals surface area contributed by atoms with Crippen molar-refractivity contribution in [3.63, 3.8) is 0 Å². The Labute approximate surface area is 229 Å². The van der Waals surface area contributed by atoms with Gasteiger partial charge in [0.1, 0.15) is 11.5 Å². The first-order valence-electron chi connectivity index (χ1n) is 13.0. The Balaban J connectivity index is 1.75. The number of carbonyl (C=O) groups is 2. The smallest absolute Gasteiger partial charge is 0.295 e. The second-order valence-electron chi connectivity index (χ2n) is 9.99. The summed E-state index contributed by atoms with van der Waals surface area (Å²) in [6, 6.07) is 17.8. The summed E-state index contributed by atoms with van der Waals surface area (Å²) in [5.74, 6) is 0.362. The fourth-order valence-electron chi connectivity index (χ4n) is 4.92. The second kappa shape index (κ2) is 11.6. The number of ether oxygens (including phenoxy) is 3. The lowest BCUT2D eigenvalue weighted by Crippen LogP contribution is -2.31. The number of benzene rings is 3. The number of likely N-dealkylation sites (tertiary alicyclic amines) is 1. The lowest BCUT2D eigenvalue weighted by Gasteiger charge is -2.26. The van der Waals surface area contributed by atoms with Crippen LogP contribution < -0.4 is 14.2 Å². The third kappa shape index (κ3) is 5.77. The molecule has 3 aromatic carbocycles. The second-order valence-corrected chi connectivity index (χ2v) is 9.99. The van der Waals surface area contributed by atoms with Crippen molar-refractivity contribution >= 4 is 17.4 Å². The molecule has 1 aliphatic rings. The van der Waals surface area contributed by atoms with Crippen molar-refractivity contribution in [2.45, 2.75) is 46.3 Å². The topological polar surface area (TPSA) is 85.3 Å². The average molecular weight is 530 g/mol. The van der Waals surface area contributed by atoms with Crippen molar-refractivity contribution in [1.29, 1.82) is 0 Å². The molecule has 1 saturated heterocycles. The molecule has 0 radical (unpaired) electrons. The lowest BCUT2D eigenvalue weighted by atomic mass is 9.94. The van der Waals surface area contributed by atoms with Gasteiger partial charge in [0.2, 0.25) is 0 Å². The van der Waals surface area contributed by atoms with Gasteiger partial charge in [0.05, 0.1) is 31.9 Å². The van der Waals surface area contributed by atoms with Gasteiger partial charge in [0.25, 0.3) is 11.7 Å². The summed E-state index contributed by atoms with van der Waals surface area (Å²) in [6.45, 7) is 8.00. The van der Waals surface area contributed by atoms with Crippen molar-refractivity contribution in [2.75, 3.05) is 20.8 Å². The molecule has 7 heteroatoms. The molecule has 204 valence electrons. The maximum Gasteiger partial charge on any atom is 0.295 e. The van der Waals surface area contributed by atoms with Crippen LogP contribution in [0.15, 0.2) is 66.2 Å². The highest BCUT2D eigenvalue weighted by Crippen LogP contribution is 2.40. The fraction of sp³-hybridized carbons (Fsp3) is 0.312. The van der Waals surface area contributed by atoms with Crippen LogP contribution in [-0.2, 0) is 16.0 Å². The highest BCUT2D eigenvalue weighted by molar-refractivity contribution is 6.46. The summed E-state index contributed by atoms with van der Waals surface area (Å²) in [5.41, 5.74) is 4.04. The molecule has 0 spiro atoms. The molecule has 1 atom stereocenters. The first-order chi connectivity index (χ1) is 18.6. The molecule has 0 aliphatic carbocycles. The van der Waals surface area contributed by atoms with Gasteiger partial charge >= 0.3 is 0 Å². The van der Waals surface area contributed by atoms with Crippen molar-refractivity contribution in [3.05, 3.63) is 94.1 Å². The molecule has 1 amide bonds. The molecule has 0 aromatic heterocycles. The lowest BCUT2D eigenvalue weighted by molar-refractivity contribution is -0.139. The van der Waals surface area contributed by atoms with E-state index in [-0.39, 0.29) is 24.0 Å². The number of aliphatic hydroxyl groups excluding tert-OH is 1. The number of nitrogens with zero attached hydrogens (tertiary/aromatic N) is 1. The number of amides is 1. The SMILES string of the molecule is COc1ccc(CCN2C(=O)C(=O)/C(=C(\O)c3ccc(OC(C)C)c(C)c3)C2c2cccc(C)c2)cc1OC. The fourth-order valence-corrected chi connectivity index (χ4v) is 4.92. The Kier molecular flexibility index (Phi) is 8.29. The minimum Gasteiger partial charge on any atom is -0.507 e. The Morgan fingerprint density at radius 2 is 1.64 bits per heavy atom. The minimum atomic E-state index is -0.725. The monoisotopic (exact) mass is 529 g/mol. The van der Waals surface area contributed by atoms with Gasteiger partial charge < -0.3 is 24.2 Å². The van der Waals surface area contributed by atoms with Gasteiger partial charge in [-0.05, 0) is 81.1 Å². The number of aryl methyl sites for hydroxylation is 2. The molecular formula is C32H35NO6. The quantitative estimate of drug-likeness (QED) is 0.215. The van der Waals surface area contributed by atoms with Crippen molar-refractivity contribution in [1.82, 2.24) is 4.90 Å². The first-order valence-corrected chi connectivity index (χ1v) is 13.0. The first kappa shape index (κ1) is 27.8. The Bertz CT molecular complexity index is 1420.